The topological polar surface area (TPSA) is 54.0 Å². The van der Waals surface area contributed by atoms with Crippen molar-refractivity contribution < 1.29 is 9.18 Å². The second-order valence-corrected chi connectivity index (χ2v) is 5.40. The van der Waals surface area contributed by atoms with E-state index in [1.807, 2.05) is 6.92 Å². The molecule has 0 saturated carbocycles. The number of nitrogens with zero attached hydrogens (tertiary/aromatic N) is 1. The number of carbonyl (C=O) groups excluding carboxylic acids is 1. The number of halogens is 3. The van der Waals surface area contributed by atoms with Crippen molar-refractivity contribution in [3.8, 4) is 0 Å². The third kappa shape index (κ3) is 3.92. The second-order valence-electron chi connectivity index (χ2n) is 4.14. The summed E-state index contributed by atoms with van der Waals surface area (Å²) in [7, 11) is 0. The highest BCUT2D eigenvalue weighted by Crippen LogP contribution is 2.21. The van der Waals surface area contributed by atoms with Gasteiger partial charge in [0.25, 0.3) is 5.91 Å². The standard InChI is InChI=1S/C14H12BrClFN3O/c1-2-18-12-6-5-10(16)13(20-12)14(21)19-8-3-4-9(15)11(17)7-8/h3-7H,2H2,1H3,(H,18,20)(H,19,21). The van der Waals surface area contributed by atoms with Crippen LogP contribution in [0.4, 0.5) is 15.9 Å². The number of pyridine rings is 1. The molecule has 0 radical (unpaired) electrons. The molecule has 0 unspecified atom stereocenters. The van der Waals surface area contributed by atoms with Crippen LogP contribution >= 0.6 is 27.5 Å². The predicted octanol–water partition coefficient (Wildman–Crippen LogP) is 4.32. The summed E-state index contributed by atoms with van der Waals surface area (Å²) in [4.78, 5) is 16.3. The number of carbonyl (C=O) groups is 1. The number of benzene rings is 1. The molecule has 0 fully saturated rings. The molecule has 0 spiro atoms. The van der Waals surface area contributed by atoms with Gasteiger partial charge in [-0.15, -0.1) is 0 Å². The SMILES string of the molecule is CCNc1ccc(Cl)c(C(=O)Nc2ccc(Br)c(F)c2)n1. The zero-order valence-electron chi connectivity index (χ0n) is 11.1. The van der Waals surface area contributed by atoms with E-state index >= 15 is 0 Å². The van der Waals surface area contributed by atoms with E-state index in [1.54, 1.807) is 18.2 Å². The van der Waals surface area contributed by atoms with Gasteiger partial charge >= 0.3 is 0 Å². The van der Waals surface area contributed by atoms with Crippen LogP contribution in [0.1, 0.15) is 17.4 Å². The lowest BCUT2D eigenvalue weighted by atomic mass is 10.2. The maximum absolute atomic E-state index is 13.4. The van der Waals surface area contributed by atoms with E-state index in [-0.39, 0.29) is 10.7 Å². The molecule has 1 heterocycles. The van der Waals surface area contributed by atoms with E-state index in [1.165, 1.54) is 12.1 Å². The Labute approximate surface area is 134 Å². The lowest BCUT2D eigenvalue weighted by Crippen LogP contribution is -2.15. The lowest BCUT2D eigenvalue weighted by Gasteiger charge is -2.09. The lowest BCUT2D eigenvalue weighted by molar-refractivity contribution is 0.102. The van der Waals surface area contributed by atoms with Crippen LogP contribution in [0.25, 0.3) is 0 Å². The molecule has 2 N–H and O–H groups in total. The summed E-state index contributed by atoms with van der Waals surface area (Å²) in [6, 6.07) is 7.57. The van der Waals surface area contributed by atoms with Crippen LogP contribution in [-0.4, -0.2) is 17.4 Å². The Hall–Kier alpha value is -1.66. The van der Waals surface area contributed by atoms with Crippen molar-refractivity contribution in [3.63, 3.8) is 0 Å². The van der Waals surface area contributed by atoms with Crippen LogP contribution in [0.3, 0.4) is 0 Å². The Morgan fingerprint density at radius 1 is 1.38 bits per heavy atom. The molecule has 2 aromatic rings. The Morgan fingerprint density at radius 2 is 2.14 bits per heavy atom. The van der Waals surface area contributed by atoms with E-state index in [0.717, 1.165) is 0 Å². The third-order valence-corrected chi connectivity index (χ3v) is 3.54. The van der Waals surface area contributed by atoms with Crippen molar-refractivity contribution >= 4 is 44.9 Å². The second kappa shape index (κ2) is 6.87. The van der Waals surface area contributed by atoms with Crippen LogP contribution in [0, 0.1) is 5.82 Å². The Balaban J connectivity index is 2.23. The van der Waals surface area contributed by atoms with Crippen LogP contribution < -0.4 is 10.6 Å². The first kappa shape index (κ1) is 15.7. The van der Waals surface area contributed by atoms with Gasteiger partial charge in [0.05, 0.1) is 9.50 Å². The van der Waals surface area contributed by atoms with Gasteiger partial charge in [-0.05, 0) is 53.2 Å². The van der Waals surface area contributed by atoms with Gasteiger partial charge in [0.1, 0.15) is 17.3 Å². The average Bonchev–Trinajstić information content (AvgIpc) is 2.45. The molecular weight excluding hydrogens is 361 g/mol. The van der Waals surface area contributed by atoms with Gasteiger partial charge in [0, 0.05) is 12.2 Å². The van der Waals surface area contributed by atoms with Crippen molar-refractivity contribution in [3.05, 3.63) is 51.3 Å². The monoisotopic (exact) mass is 371 g/mol. The molecule has 7 heteroatoms. The summed E-state index contributed by atoms with van der Waals surface area (Å²) in [6.07, 6.45) is 0. The summed E-state index contributed by atoms with van der Waals surface area (Å²) in [5.74, 6) is -0.413. The molecule has 0 aliphatic rings. The maximum Gasteiger partial charge on any atom is 0.275 e. The van der Waals surface area contributed by atoms with E-state index in [4.69, 9.17) is 11.6 Å². The first-order chi connectivity index (χ1) is 10.0. The highest BCUT2D eigenvalue weighted by Gasteiger charge is 2.14. The number of hydrogen-bond donors (Lipinski definition) is 2. The fourth-order valence-corrected chi connectivity index (χ4v) is 2.08. The molecule has 2 rings (SSSR count). The normalized spacial score (nSPS) is 10.3. The summed E-state index contributed by atoms with van der Waals surface area (Å²) in [5.41, 5.74) is 0.408. The zero-order chi connectivity index (χ0) is 15.4. The molecule has 0 saturated heterocycles. The van der Waals surface area contributed by atoms with Gasteiger partial charge in [-0.25, -0.2) is 9.37 Å². The number of nitrogens with one attached hydrogen (secondary N) is 2. The third-order valence-electron chi connectivity index (χ3n) is 2.60. The Morgan fingerprint density at radius 3 is 2.81 bits per heavy atom. The van der Waals surface area contributed by atoms with E-state index in [9.17, 15) is 9.18 Å². The Kier molecular flexibility index (Phi) is 5.14. The summed E-state index contributed by atoms with van der Waals surface area (Å²) < 4.78 is 13.8. The predicted molar refractivity (Wildman–Crippen MR) is 85.5 cm³/mol. The highest BCUT2D eigenvalue weighted by molar-refractivity contribution is 9.10. The summed E-state index contributed by atoms with van der Waals surface area (Å²) in [6.45, 7) is 2.59. The van der Waals surface area contributed by atoms with Crippen LogP contribution in [0.5, 0.6) is 0 Å². The number of rotatable bonds is 4. The fourth-order valence-electron chi connectivity index (χ4n) is 1.65. The van der Waals surface area contributed by atoms with E-state index in [2.05, 4.69) is 31.5 Å². The molecular formula is C14H12BrClFN3O. The van der Waals surface area contributed by atoms with Crippen molar-refractivity contribution in [2.75, 3.05) is 17.2 Å². The number of anilines is 2. The van der Waals surface area contributed by atoms with Gasteiger partial charge in [-0.3, -0.25) is 4.79 Å². The van der Waals surface area contributed by atoms with Gasteiger partial charge in [0.15, 0.2) is 0 Å². The van der Waals surface area contributed by atoms with Gasteiger partial charge in [-0.2, -0.15) is 0 Å². The van der Waals surface area contributed by atoms with Crippen LogP contribution in [-0.2, 0) is 0 Å². The molecule has 1 aromatic heterocycles. The number of aromatic nitrogens is 1. The number of amides is 1. The van der Waals surface area contributed by atoms with Crippen LogP contribution in [0.15, 0.2) is 34.8 Å². The first-order valence-corrected chi connectivity index (χ1v) is 7.35. The smallest absolute Gasteiger partial charge is 0.275 e. The molecule has 0 atom stereocenters. The molecule has 21 heavy (non-hydrogen) atoms. The first-order valence-electron chi connectivity index (χ1n) is 6.18. The molecule has 0 bridgehead atoms. The van der Waals surface area contributed by atoms with E-state index < -0.39 is 11.7 Å². The Bertz CT molecular complexity index is 681. The molecule has 110 valence electrons. The molecule has 0 aliphatic heterocycles. The molecule has 0 aliphatic carbocycles. The zero-order valence-corrected chi connectivity index (χ0v) is 13.4. The maximum atomic E-state index is 13.4. The average molecular weight is 373 g/mol. The minimum Gasteiger partial charge on any atom is -0.370 e. The van der Waals surface area contributed by atoms with Crippen molar-refractivity contribution in [2.24, 2.45) is 0 Å². The quantitative estimate of drug-likeness (QED) is 0.840. The van der Waals surface area contributed by atoms with Crippen molar-refractivity contribution in [1.29, 1.82) is 0 Å². The van der Waals surface area contributed by atoms with Gasteiger partial charge in [0.2, 0.25) is 0 Å². The minimum atomic E-state index is -0.499. The van der Waals surface area contributed by atoms with Crippen LogP contribution in [0.2, 0.25) is 5.02 Å². The molecule has 4 nitrogen and oxygen atoms in total. The van der Waals surface area contributed by atoms with E-state index in [0.29, 0.717) is 22.5 Å². The summed E-state index contributed by atoms with van der Waals surface area (Å²) >= 11 is 9.03. The van der Waals surface area contributed by atoms with Gasteiger partial charge < -0.3 is 10.6 Å². The summed E-state index contributed by atoms with van der Waals surface area (Å²) in [5, 5.41) is 5.78. The molecule has 1 aromatic carbocycles. The fraction of sp³-hybridized carbons (Fsp3) is 0.143. The number of hydrogen-bond acceptors (Lipinski definition) is 3. The minimum absolute atomic E-state index is 0.0819. The largest absolute Gasteiger partial charge is 0.370 e. The highest BCUT2D eigenvalue weighted by atomic mass is 79.9. The van der Waals surface area contributed by atoms with Crippen molar-refractivity contribution in [2.45, 2.75) is 6.92 Å². The molecule has 1 amide bonds. The van der Waals surface area contributed by atoms with Gasteiger partial charge in [-0.1, -0.05) is 11.6 Å². The van der Waals surface area contributed by atoms with Crippen molar-refractivity contribution in [1.82, 2.24) is 4.98 Å².